The average Bonchev–Trinajstić information content (AvgIpc) is 3.20. The van der Waals surface area contributed by atoms with Crippen LogP contribution in [0.25, 0.3) is 0 Å². The number of amides is 1. The molecule has 1 aromatic rings. The minimum absolute atomic E-state index is 0.149. The Bertz CT molecular complexity index is 615. The highest BCUT2D eigenvalue weighted by Crippen LogP contribution is 2.26. The van der Waals surface area contributed by atoms with E-state index in [1.165, 1.54) is 0 Å². The minimum atomic E-state index is -1.55. The molecule has 1 aliphatic rings. The number of carboxylic acid groups (broad SMARTS) is 1. The lowest BCUT2D eigenvalue weighted by Gasteiger charge is -2.09. The van der Waals surface area contributed by atoms with Crippen molar-refractivity contribution < 1.29 is 24.0 Å². The Hall–Kier alpha value is -2.71. The van der Waals surface area contributed by atoms with Crippen molar-refractivity contribution in [2.45, 2.75) is 18.9 Å². The number of carbonyl (C=O) groups excluding carboxylic acids is 1. The van der Waals surface area contributed by atoms with Crippen LogP contribution in [0.15, 0.2) is 12.1 Å². The maximum absolute atomic E-state index is 13.7. The van der Waals surface area contributed by atoms with Crippen LogP contribution < -0.4 is 10.6 Å². The number of hydrogen-bond acceptors (Lipinski definition) is 5. The van der Waals surface area contributed by atoms with Crippen molar-refractivity contribution in [2.75, 3.05) is 11.9 Å². The summed E-state index contributed by atoms with van der Waals surface area (Å²) in [6.07, 6.45) is 1.81. The van der Waals surface area contributed by atoms with Gasteiger partial charge in [-0.15, -0.1) is 0 Å². The molecule has 0 heterocycles. The molecule has 2 rings (SSSR count). The Kier molecular flexibility index (Phi) is 4.01. The van der Waals surface area contributed by atoms with Gasteiger partial charge in [0, 0.05) is 6.04 Å². The van der Waals surface area contributed by atoms with Crippen molar-refractivity contribution in [2.24, 2.45) is 0 Å². The Morgan fingerprint density at radius 2 is 2.10 bits per heavy atom. The lowest BCUT2D eigenvalue weighted by atomic mass is 10.1. The summed E-state index contributed by atoms with van der Waals surface area (Å²) in [5, 5.41) is 24.7. The summed E-state index contributed by atoms with van der Waals surface area (Å²) >= 11 is 0. The number of nitrogens with zero attached hydrogens (tertiary/aromatic N) is 1. The molecule has 1 saturated carbocycles. The second-order valence-electron chi connectivity index (χ2n) is 4.61. The molecule has 9 heteroatoms. The number of nitrogens with one attached hydrogen (secondary N) is 2. The van der Waals surface area contributed by atoms with Crippen LogP contribution in [0.4, 0.5) is 15.8 Å². The number of nitro benzene ring substituents is 1. The molecule has 0 aliphatic heterocycles. The smallest absolute Gasteiger partial charge is 0.342 e. The highest BCUT2D eigenvalue weighted by Gasteiger charge is 2.25. The van der Waals surface area contributed by atoms with E-state index in [1.807, 2.05) is 0 Å². The third kappa shape index (κ3) is 3.65. The molecule has 0 radical (unpaired) electrons. The highest BCUT2D eigenvalue weighted by molar-refractivity contribution is 5.94. The molecule has 1 fully saturated rings. The van der Waals surface area contributed by atoms with E-state index in [0.29, 0.717) is 6.07 Å². The van der Waals surface area contributed by atoms with Crippen LogP contribution in [0.3, 0.4) is 0 Å². The summed E-state index contributed by atoms with van der Waals surface area (Å²) in [5.41, 5.74) is -1.76. The van der Waals surface area contributed by atoms with Crippen molar-refractivity contribution in [3.63, 3.8) is 0 Å². The number of halogens is 1. The van der Waals surface area contributed by atoms with E-state index >= 15 is 0 Å². The number of nitro groups is 1. The van der Waals surface area contributed by atoms with Gasteiger partial charge in [0.15, 0.2) is 5.82 Å². The molecule has 0 spiro atoms. The molecular weight excluding hydrogens is 285 g/mol. The van der Waals surface area contributed by atoms with Crippen LogP contribution in [-0.4, -0.2) is 34.5 Å². The summed E-state index contributed by atoms with van der Waals surface area (Å²) in [6, 6.07) is 1.47. The lowest BCUT2D eigenvalue weighted by molar-refractivity contribution is -0.385. The van der Waals surface area contributed by atoms with Gasteiger partial charge in [0.25, 0.3) is 5.69 Å². The third-order valence-corrected chi connectivity index (χ3v) is 2.89. The SMILES string of the molecule is O=C(CNc1cc(C(=O)O)c([N+](=O)[O-])cc1F)NC1CC1. The van der Waals surface area contributed by atoms with Crippen LogP contribution in [-0.2, 0) is 4.79 Å². The molecule has 21 heavy (non-hydrogen) atoms. The van der Waals surface area contributed by atoms with Gasteiger partial charge in [0.2, 0.25) is 5.91 Å². The van der Waals surface area contributed by atoms with Gasteiger partial charge in [0.05, 0.1) is 23.2 Å². The van der Waals surface area contributed by atoms with Gasteiger partial charge in [0.1, 0.15) is 5.56 Å². The van der Waals surface area contributed by atoms with Gasteiger partial charge < -0.3 is 15.7 Å². The van der Waals surface area contributed by atoms with Crippen molar-refractivity contribution in [1.82, 2.24) is 5.32 Å². The van der Waals surface area contributed by atoms with Crippen molar-refractivity contribution in [3.05, 3.63) is 33.6 Å². The standard InChI is InChI=1S/C12H12FN3O5/c13-8-4-10(16(20)21)7(12(18)19)3-9(8)14-5-11(17)15-6-1-2-6/h3-4,6,14H,1-2,5H2,(H,15,17)(H,18,19). The Morgan fingerprint density at radius 3 is 2.62 bits per heavy atom. The summed E-state index contributed by atoms with van der Waals surface area (Å²) in [7, 11) is 0. The summed E-state index contributed by atoms with van der Waals surface area (Å²) < 4.78 is 13.7. The van der Waals surface area contributed by atoms with Crippen LogP contribution in [0, 0.1) is 15.9 Å². The van der Waals surface area contributed by atoms with Gasteiger partial charge in [-0.25, -0.2) is 9.18 Å². The molecule has 1 aromatic carbocycles. The molecule has 0 atom stereocenters. The predicted molar refractivity (Wildman–Crippen MR) is 69.7 cm³/mol. The molecule has 1 amide bonds. The van der Waals surface area contributed by atoms with E-state index in [2.05, 4.69) is 10.6 Å². The summed E-state index contributed by atoms with van der Waals surface area (Å²) in [6.45, 7) is -0.246. The molecule has 3 N–H and O–H groups in total. The summed E-state index contributed by atoms with van der Waals surface area (Å²) in [4.78, 5) is 32.1. The van der Waals surface area contributed by atoms with Crippen molar-refractivity contribution >= 4 is 23.3 Å². The first kappa shape index (κ1) is 14.7. The second kappa shape index (κ2) is 5.73. The lowest BCUT2D eigenvalue weighted by Crippen LogP contribution is -2.31. The Morgan fingerprint density at radius 1 is 1.43 bits per heavy atom. The molecule has 0 unspecified atom stereocenters. The van der Waals surface area contributed by atoms with Crippen molar-refractivity contribution in [3.8, 4) is 0 Å². The fourth-order valence-corrected chi connectivity index (χ4v) is 1.70. The normalized spacial score (nSPS) is 13.6. The van der Waals surface area contributed by atoms with Crippen molar-refractivity contribution in [1.29, 1.82) is 0 Å². The number of anilines is 1. The van der Waals surface area contributed by atoms with Gasteiger partial charge in [-0.05, 0) is 18.9 Å². The molecule has 0 saturated heterocycles. The monoisotopic (exact) mass is 297 g/mol. The molecule has 0 aromatic heterocycles. The zero-order chi connectivity index (χ0) is 15.6. The number of benzene rings is 1. The number of aromatic carboxylic acids is 1. The van der Waals surface area contributed by atoms with Crippen LogP contribution in [0.5, 0.6) is 0 Å². The fourth-order valence-electron chi connectivity index (χ4n) is 1.70. The maximum Gasteiger partial charge on any atom is 0.342 e. The highest BCUT2D eigenvalue weighted by atomic mass is 19.1. The average molecular weight is 297 g/mol. The van der Waals surface area contributed by atoms with E-state index < -0.39 is 28.0 Å². The van der Waals surface area contributed by atoms with Crippen LogP contribution >= 0.6 is 0 Å². The van der Waals surface area contributed by atoms with E-state index in [-0.39, 0.29) is 24.2 Å². The number of rotatable bonds is 6. The number of carboxylic acids is 1. The Labute approximate surface area is 118 Å². The largest absolute Gasteiger partial charge is 0.477 e. The summed E-state index contributed by atoms with van der Waals surface area (Å²) in [5.74, 6) is -2.90. The quantitative estimate of drug-likeness (QED) is 0.534. The topological polar surface area (TPSA) is 122 Å². The molecule has 1 aliphatic carbocycles. The van der Waals surface area contributed by atoms with Gasteiger partial charge in [-0.1, -0.05) is 0 Å². The van der Waals surface area contributed by atoms with Gasteiger partial charge in [-0.3, -0.25) is 14.9 Å². The van der Waals surface area contributed by atoms with E-state index in [9.17, 15) is 24.1 Å². The maximum atomic E-state index is 13.7. The predicted octanol–water partition coefficient (Wildman–Crippen LogP) is 1.12. The van der Waals surface area contributed by atoms with E-state index in [1.54, 1.807) is 0 Å². The first-order valence-electron chi connectivity index (χ1n) is 6.13. The Balaban J connectivity index is 2.14. The van der Waals surface area contributed by atoms with Gasteiger partial charge >= 0.3 is 5.97 Å². The second-order valence-corrected chi connectivity index (χ2v) is 4.61. The first-order valence-corrected chi connectivity index (χ1v) is 6.13. The zero-order valence-electron chi connectivity index (χ0n) is 10.8. The van der Waals surface area contributed by atoms with E-state index in [0.717, 1.165) is 18.9 Å². The molecule has 0 bridgehead atoms. The number of hydrogen-bond donors (Lipinski definition) is 3. The molecule has 112 valence electrons. The minimum Gasteiger partial charge on any atom is -0.477 e. The molecular formula is C12H12FN3O5. The first-order chi connectivity index (χ1) is 9.88. The fraction of sp³-hybridized carbons (Fsp3) is 0.333. The van der Waals surface area contributed by atoms with Gasteiger partial charge in [-0.2, -0.15) is 0 Å². The molecule has 8 nitrogen and oxygen atoms in total. The van der Waals surface area contributed by atoms with E-state index in [4.69, 9.17) is 5.11 Å². The zero-order valence-corrected chi connectivity index (χ0v) is 10.8. The number of carbonyl (C=O) groups is 2. The third-order valence-electron chi connectivity index (χ3n) is 2.89. The van der Waals surface area contributed by atoms with Crippen LogP contribution in [0.1, 0.15) is 23.2 Å². The van der Waals surface area contributed by atoms with Crippen LogP contribution in [0.2, 0.25) is 0 Å².